The van der Waals surface area contributed by atoms with Gasteiger partial charge in [-0.05, 0) is 54.6 Å². The van der Waals surface area contributed by atoms with Crippen molar-refractivity contribution in [2.75, 3.05) is 12.9 Å². The summed E-state index contributed by atoms with van der Waals surface area (Å²) in [5, 5.41) is 14.7. The molecule has 33 heavy (non-hydrogen) atoms. The van der Waals surface area contributed by atoms with E-state index in [0.717, 1.165) is 33.6 Å². The molecule has 2 heterocycles. The fourth-order valence-electron chi connectivity index (χ4n) is 3.46. The van der Waals surface area contributed by atoms with Crippen LogP contribution in [-0.4, -0.2) is 33.5 Å². The summed E-state index contributed by atoms with van der Waals surface area (Å²) in [5.41, 5.74) is 2.20. The van der Waals surface area contributed by atoms with E-state index in [2.05, 4.69) is 32.2 Å². The van der Waals surface area contributed by atoms with Crippen LogP contribution in [0.3, 0.4) is 0 Å². The summed E-state index contributed by atoms with van der Waals surface area (Å²) in [4.78, 5) is 13.7. The van der Waals surface area contributed by atoms with E-state index in [9.17, 15) is 4.79 Å². The first-order valence-electron chi connectivity index (χ1n) is 10.7. The Hall–Kier alpha value is -3.10. The largest absolute Gasteiger partial charge is 0.497 e. The highest BCUT2D eigenvalue weighted by Crippen LogP contribution is 2.26. The second-order valence-electron chi connectivity index (χ2n) is 7.52. The molecule has 0 spiro atoms. The molecule has 0 aliphatic rings. The van der Waals surface area contributed by atoms with Crippen molar-refractivity contribution in [2.24, 2.45) is 0 Å². The molecule has 1 atom stereocenters. The molecule has 170 valence electrons. The number of aryl methyl sites for hydroxylation is 1. The molecular formula is C25H26N4O2S2. The zero-order valence-electron chi connectivity index (χ0n) is 18.6. The van der Waals surface area contributed by atoms with Gasteiger partial charge in [-0.2, -0.15) is 0 Å². The number of amides is 1. The van der Waals surface area contributed by atoms with Crippen molar-refractivity contribution in [2.45, 2.75) is 31.1 Å². The zero-order chi connectivity index (χ0) is 23.0. The van der Waals surface area contributed by atoms with E-state index in [1.54, 1.807) is 18.4 Å². The molecular weight excluding hydrogens is 452 g/mol. The van der Waals surface area contributed by atoms with E-state index >= 15 is 0 Å². The van der Waals surface area contributed by atoms with Crippen LogP contribution in [-0.2, 0) is 17.8 Å². The van der Waals surface area contributed by atoms with E-state index in [-0.39, 0.29) is 17.7 Å². The van der Waals surface area contributed by atoms with Crippen molar-refractivity contribution in [3.63, 3.8) is 0 Å². The van der Waals surface area contributed by atoms with Gasteiger partial charge in [0, 0.05) is 17.0 Å². The zero-order valence-corrected chi connectivity index (χ0v) is 20.2. The number of aromatic nitrogens is 3. The van der Waals surface area contributed by atoms with Crippen LogP contribution in [0, 0.1) is 0 Å². The van der Waals surface area contributed by atoms with Crippen LogP contribution in [0.5, 0.6) is 5.75 Å². The minimum absolute atomic E-state index is 0.0103. The number of methoxy groups -OCH3 is 1. The standard InChI is InChI=1S/C25H26N4O2S2/c1-18(22-9-6-16-32-22)26-23(30)17-33-25-28-27-24(20-10-12-21(31-2)13-11-20)29(25)15-14-19-7-4-3-5-8-19/h3-13,16,18H,14-15,17H2,1-2H3,(H,26,30). The molecule has 0 aliphatic carbocycles. The number of ether oxygens (including phenoxy) is 1. The maximum absolute atomic E-state index is 12.6. The van der Waals surface area contributed by atoms with Crippen molar-refractivity contribution in [1.29, 1.82) is 0 Å². The van der Waals surface area contributed by atoms with E-state index in [1.165, 1.54) is 17.3 Å². The van der Waals surface area contributed by atoms with E-state index in [4.69, 9.17) is 4.74 Å². The van der Waals surface area contributed by atoms with Crippen LogP contribution in [0.15, 0.2) is 77.3 Å². The summed E-state index contributed by atoms with van der Waals surface area (Å²) in [6, 6.07) is 22.1. The van der Waals surface area contributed by atoms with Gasteiger partial charge in [0.05, 0.1) is 18.9 Å². The molecule has 6 nitrogen and oxygen atoms in total. The maximum Gasteiger partial charge on any atom is 0.230 e. The molecule has 0 bridgehead atoms. The lowest BCUT2D eigenvalue weighted by molar-refractivity contribution is -0.119. The molecule has 4 aromatic rings. The van der Waals surface area contributed by atoms with E-state index in [0.29, 0.717) is 6.54 Å². The van der Waals surface area contributed by atoms with Crippen molar-refractivity contribution in [3.05, 3.63) is 82.6 Å². The van der Waals surface area contributed by atoms with Crippen LogP contribution in [0.25, 0.3) is 11.4 Å². The molecule has 0 saturated carbocycles. The van der Waals surface area contributed by atoms with Gasteiger partial charge in [-0.15, -0.1) is 21.5 Å². The normalized spacial score (nSPS) is 11.8. The third-order valence-corrected chi connectivity index (χ3v) is 7.23. The van der Waals surface area contributed by atoms with Gasteiger partial charge in [-0.3, -0.25) is 4.79 Å². The average molecular weight is 479 g/mol. The molecule has 4 rings (SSSR count). The average Bonchev–Trinajstić information content (AvgIpc) is 3.52. The lowest BCUT2D eigenvalue weighted by atomic mass is 10.1. The number of benzene rings is 2. The van der Waals surface area contributed by atoms with Gasteiger partial charge in [-0.25, -0.2) is 0 Å². The van der Waals surface area contributed by atoms with Gasteiger partial charge in [-0.1, -0.05) is 48.2 Å². The highest BCUT2D eigenvalue weighted by atomic mass is 32.2. The molecule has 1 unspecified atom stereocenters. The number of carbonyl (C=O) groups is 1. The van der Waals surface area contributed by atoms with E-state index < -0.39 is 0 Å². The number of thiophene rings is 1. The number of nitrogens with one attached hydrogen (secondary N) is 1. The first-order chi connectivity index (χ1) is 16.1. The molecule has 0 radical (unpaired) electrons. The molecule has 2 aromatic heterocycles. The minimum Gasteiger partial charge on any atom is -0.497 e. The Labute approximate surface area is 202 Å². The fourth-order valence-corrected chi connectivity index (χ4v) is 4.97. The van der Waals surface area contributed by atoms with Gasteiger partial charge in [0.25, 0.3) is 0 Å². The summed E-state index contributed by atoms with van der Waals surface area (Å²) < 4.78 is 7.37. The number of rotatable bonds is 10. The minimum atomic E-state index is -0.0236. The third-order valence-electron chi connectivity index (χ3n) is 5.21. The molecule has 0 saturated heterocycles. The summed E-state index contributed by atoms with van der Waals surface area (Å²) in [6.07, 6.45) is 0.844. The Kier molecular flexibility index (Phi) is 7.80. The van der Waals surface area contributed by atoms with Crippen molar-refractivity contribution in [1.82, 2.24) is 20.1 Å². The summed E-state index contributed by atoms with van der Waals surface area (Å²) in [6.45, 7) is 2.71. The highest BCUT2D eigenvalue weighted by molar-refractivity contribution is 7.99. The molecule has 1 N–H and O–H groups in total. The lowest BCUT2D eigenvalue weighted by Gasteiger charge is -2.13. The molecule has 0 fully saturated rings. The Bertz CT molecular complexity index is 1160. The van der Waals surface area contributed by atoms with Gasteiger partial charge in [0.2, 0.25) is 5.91 Å². The Morgan fingerprint density at radius 2 is 1.88 bits per heavy atom. The third kappa shape index (κ3) is 6.03. The second kappa shape index (κ2) is 11.2. The van der Waals surface area contributed by atoms with Crippen LogP contribution >= 0.6 is 23.1 Å². The van der Waals surface area contributed by atoms with Crippen LogP contribution in [0.2, 0.25) is 0 Å². The number of nitrogens with zero attached hydrogens (tertiary/aromatic N) is 3. The number of thioether (sulfide) groups is 1. The number of hydrogen-bond acceptors (Lipinski definition) is 6. The van der Waals surface area contributed by atoms with Crippen molar-refractivity contribution < 1.29 is 9.53 Å². The van der Waals surface area contributed by atoms with Crippen LogP contribution < -0.4 is 10.1 Å². The smallest absolute Gasteiger partial charge is 0.230 e. The monoisotopic (exact) mass is 478 g/mol. The Morgan fingerprint density at radius 1 is 1.09 bits per heavy atom. The number of hydrogen-bond donors (Lipinski definition) is 1. The first kappa shape index (κ1) is 23.1. The van der Waals surface area contributed by atoms with Crippen molar-refractivity contribution in [3.8, 4) is 17.1 Å². The number of carbonyl (C=O) groups excluding carboxylic acids is 1. The van der Waals surface area contributed by atoms with Gasteiger partial charge in [0.15, 0.2) is 11.0 Å². The van der Waals surface area contributed by atoms with Crippen molar-refractivity contribution >= 4 is 29.0 Å². The Morgan fingerprint density at radius 3 is 2.58 bits per heavy atom. The highest BCUT2D eigenvalue weighted by Gasteiger charge is 2.17. The fraction of sp³-hybridized carbons (Fsp3) is 0.240. The van der Waals surface area contributed by atoms with Crippen LogP contribution in [0.1, 0.15) is 23.4 Å². The molecule has 0 aliphatic heterocycles. The SMILES string of the molecule is COc1ccc(-c2nnc(SCC(=O)NC(C)c3cccs3)n2CCc2ccccc2)cc1. The predicted molar refractivity (Wildman–Crippen MR) is 134 cm³/mol. The summed E-state index contributed by atoms with van der Waals surface area (Å²) in [5.74, 6) is 1.83. The van der Waals surface area contributed by atoms with Gasteiger partial charge in [0.1, 0.15) is 5.75 Å². The predicted octanol–water partition coefficient (Wildman–Crippen LogP) is 5.23. The first-order valence-corrected chi connectivity index (χ1v) is 12.6. The molecule has 1 amide bonds. The summed E-state index contributed by atoms with van der Waals surface area (Å²) in [7, 11) is 1.65. The topological polar surface area (TPSA) is 69.0 Å². The lowest BCUT2D eigenvalue weighted by Crippen LogP contribution is -2.27. The Balaban J connectivity index is 1.49. The quantitative estimate of drug-likeness (QED) is 0.316. The molecule has 8 heteroatoms. The molecule has 2 aromatic carbocycles. The second-order valence-corrected chi connectivity index (χ2v) is 9.44. The van der Waals surface area contributed by atoms with Gasteiger partial charge < -0.3 is 14.6 Å². The van der Waals surface area contributed by atoms with Gasteiger partial charge >= 0.3 is 0 Å². The van der Waals surface area contributed by atoms with E-state index in [1.807, 2.05) is 66.9 Å². The maximum atomic E-state index is 12.6. The summed E-state index contributed by atoms with van der Waals surface area (Å²) >= 11 is 3.05. The van der Waals surface area contributed by atoms with Crippen LogP contribution in [0.4, 0.5) is 0 Å².